The first kappa shape index (κ1) is 15.9. The first-order valence-corrected chi connectivity index (χ1v) is 8.02. The van der Waals surface area contributed by atoms with Crippen LogP contribution in [0.25, 0.3) is 0 Å². The fraction of sp³-hybridized carbons (Fsp3) is 0.214. The molecule has 0 bridgehead atoms. The number of benzene rings is 1. The number of hydrogen-bond acceptors (Lipinski definition) is 3. The van der Waals surface area contributed by atoms with Gasteiger partial charge in [-0.15, -0.1) is 0 Å². The Morgan fingerprint density at radius 3 is 2.38 bits per heavy atom. The minimum Gasteiger partial charge on any atom is -0.243 e. The topological polar surface area (TPSA) is 59.1 Å². The van der Waals surface area contributed by atoms with Crippen LogP contribution in [-0.4, -0.2) is 13.4 Å². The highest BCUT2D eigenvalue weighted by Gasteiger charge is 2.14. The average molecular weight is 329 g/mol. The maximum Gasteiger partial charge on any atom is 0.242 e. The van der Waals surface area contributed by atoms with E-state index in [2.05, 4.69) is 9.71 Å². The van der Waals surface area contributed by atoms with E-state index in [1.807, 2.05) is 0 Å². The molecule has 0 radical (unpaired) electrons. The summed E-state index contributed by atoms with van der Waals surface area (Å²) in [4.78, 5) is 3.77. The van der Waals surface area contributed by atoms with Crippen molar-refractivity contribution >= 4 is 21.6 Å². The predicted molar refractivity (Wildman–Crippen MR) is 79.1 cm³/mol. The summed E-state index contributed by atoms with van der Waals surface area (Å²) in [6.45, 7) is 3.36. The van der Waals surface area contributed by atoms with Gasteiger partial charge in [0.1, 0.15) is 15.9 Å². The zero-order valence-corrected chi connectivity index (χ0v) is 13.1. The Balaban J connectivity index is 2.17. The lowest BCUT2D eigenvalue weighted by Crippen LogP contribution is -2.23. The number of aryl methyl sites for hydroxylation is 2. The molecule has 1 aromatic carbocycles. The monoisotopic (exact) mass is 328 g/mol. The van der Waals surface area contributed by atoms with Gasteiger partial charge in [-0.1, -0.05) is 23.7 Å². The maximum atomic E-state index is 13.5. The summed E-state index contributed by atoms with van der Waals surface area (Å²) in [5.41, 5.74) is 1.66. The Morgan fingerprint density at radius 1 is 1.24 bits per heavy atom. The van der Waals surface area contributed by atoms with Crippen LogP contribution in [0.15, 0.2) is 35.4 Å². The van der Waals surface area contributed by atoms with Crippen LogP contribution in [0.4, 0.5) is 4.39 Å². The molecule has 1 aromatic heterocycles. The van der Waals surface area contributed by atoms with Gasteiger partial charge in [-0.05, 0) is 42.7 Å². The van der Waals surface area contributed by atoms with Gasteiger partial charge in [-0.3, -0.25) is 0 Å². The molecule has 1 heterocycles. The molecule has 0 fully saturated rings. The van der Waals surface area contributed by atoms with E-state index in [1.165, 1.54) is 18.3 Å². The van der Waals surface area contributed by atoms with Gasteiger partial charge in [0.15, 0.2) is 0 Å². The summed E-state index contributed by atoms with van der Waals surface area (Å²) in [5.74, 6) is -0.275. The van der Waals surface area contributed by atoms with Crippen LogP contribution in [0.3, 0.4) is 0 Å². The zero-order chi connectivity index (χ0) is 15.6. The molecule has 0 unspecified atom stereocenters. The second kappa shape index (κ2) is 6.09. The first-order chi connectivity index (χ1) is 9.79. The van der Waals surface area contributed by atoms with E-state index in [1.54, 1.807) is 26.0 Å². The minimum atomic E-state index is -3.68. The maximum absolute atomic E-state index is 13.5. The number of hydrogen-bond donors (Lipinski definition) is 1. The predicted octanol–water partition coefficient (Wildman–Crippen LogP) is 2.97. The smallest absolute Gasteiger partial charge is 0.242 e. The quantitative estimate of drug-likeness (QED) is 0.878. The Labute approximate surface area is 128 Å². The fourth-order valence-corrected chi connectivity index (χ4v) is 2.99. The number of rotatable bonds is 4. The zero-order valence-electron chi connectivity index (χ0n) is 11.5. The van der Waals surface area contributed by atoms with E-state index < -0.39 is 10.0 Å². The number of nitrogens with one attached hydrogen (secondary N) is 1. The second-order valence-electron chi connectivity index (χ2n) is 4.68. The number of sulfonamides is 1. The lowest BCUT2D eigenvalue weighted by atomic mass is 10.1. The third-order valence-corrected chi connectivity index (χ3v) is 4.58. The van der Waals surface area contributed by atoms with Gasteiger partial charge in [0.25, 0.3) is 0 Å². The van der Waals surface area contributed by atoms with E-state index in [4.69, 9.17) is 11.6 Å². The number of halogens is 2. The van der Waals surface area contributed by atoms with Crippen LogP contribution in [0.1, 0.15) is 16.7 Å². The highest BCUT2D eigenvalue weighted by Crippen LogP contribution is 2.16. The molecule has 0 atom stereocenters. The average Bonchev–Trinajstić information content (AvgIpc) is 2.43. The first-order valence-electron chi connectivity index (χ1n) is 6.16. The summed E-state index contributed by atoms with van der Waals surface area (Å²) >= 11 is 5.62. The van der Waals surface area contributed by atoms with E-state index in [-0.39, 0.29) is 22.4 Å². The Bertz CT molecular complexity index is 738. The molecule has 21 heavy (non-hydrogen) atoms. The molecule has 0 amide bonds. The minimum absolute atomic E-state index is 0.0301. The SMILES string of the molecule is Cc1cc(CNS(=O)(=O)c2ccc(Cl)nc2)cc(C)c1F. The van der Waals surface area contributed by atoms with E-state index >= 15 is 0 Å². The van der Waals surface area contributed by atoms with E-state index in [0.29, 0.717) is 16.7 Å². The molecular weight excluding hydrogens is 315 g/mol. The number of pyridine rings is 1. The Morgan fingerprint density at radius 2 is 1.86 bits per heavy atom. The molecular formula is C14H14ClFN2O2S. The lowest BCUT2D eigenvalue weighted by Gasteiger charge is -2.09. The number of aromatic nitrogens is 1. The van der Waals surface area contributed by atoms with Crippen LogP contribution in [-0.2, 0) is 16.6 Å². The normalized spacial score (nSPS) is 11.6. The van der Waals surface area contributed by atoms with Crippen molar-refractivity contribution in [1.82, 2.24) is 9.71 Å². The third-order valence-electron chi connectivity index (χ3n) is 2.97. The van der Waals surface area contributed by atoms with E-state index in [0.717, 1.165) is 0 Å². The largest absolute Gasteiger partial charge is 0.243 e. The molecule has 1 N–H and O–H groups in total. The molecule has 4 nitrogen and oxygen atoms in total. The van der Waals surface area contributed by atoms with Crippen molar-refractivity contribution in [1.29, 1.82) is 0 Å². The highest BCUT2D eigenvalue weighted by atomic mass is 35.5. The summed E-state index contributed by atoms with van der Waals surface area (Å²) in [5, 5.41) is 0.221. The standard InChI is InChI=1S/C14H14ClFN2O2S/c1-9-5-11(6-10(2)14(9)16)7-18-21(19,20)12-3-4-13(15)17-8-12/h3-6,8,18H,7H2,1-2H3. The molecule has 2 rings (SSSR count). The molecule has 7 heteroatoms. The highest BCUT2D eigenvalue weighted by molar-refractivity contribution is 7.89. The summed E-state index contributed by atoms with van der Waals surface area (Å²) in [6, 6.07) is 6.01. The summed E-state index contributed by atoms with van der Waals surface area (Å²) < 4.78 is 40.2. The summed E-state index contributed by atoms with van der Waals surface area (Å²) in [7, 11) is -3.68. The van der Waals surface area contributed by atoms with Crippen LogP contribution in [0.5, 0.6) is 0 Å². The van der Waals surface area contributed by atoms with Crippen molar-refractivity contribution in [3.05, 3.63) is 58.1 Å². The molecule has 0 aliphatic heterocycles. The van der Waals surface area contributed by atoms with Gasteiger partial charge in [0, 0.05) is 12.7 Å². The van der Waals surface area contributed by atoms with Crippen LogP contribution in [0.2, 0.25) is 5.15 Å². The van der Waals surface area contributed by atoms with Crippen molar-refractivity contribution in [3.8, 4) is 0 Å². The van der Waals surface area contributed by atoms with Gasteiger partial charge in [-0.2, -0.15) is 0 Å². The molecule has 0 aliphatic rings. The fourth-order valence-electron chi connectivity index (χ4n) is 1.92. The molecule has 0 aliphatic carbocycles. The molecule has 0 saturated heterocycles. The summed E-state index contributed by atoms with van der Waals surface area (Å²) in [6.07, 6.45) is 1.19. The van der Waals surface area contributed by atoms with Crippen molar-refractivity contribution in [3.63, 3.8) is 0 Å². The third kappa shape index (κ3) is 3.78. The van der Waals surface area contributed by atoms with Gasteiger partial charge >= 0.3 is 0 Å². The van der Waals surface area contributed by atoms with Gasteiger partial charge in [0.2, 0.25) is 10.0 Å². The Hall–Kier alpha value is -1.50. The molecule has 0 spiro atoms. The van der Waals surface area contributed by atoms with Gasteiger partial charge < -0.3 is 0 Å². The van der Waals surface area contributed by atoms with Gasteiger partial charge in [0.05, 0.1) is 0 Å². The van der Waals surface area contributed by atoms with Crippen molar-refractivity contribution in [2.45, 2.75) is 25.3 Å². The molecule has 0 saturated carbocycles. The number of nitrogens with zero attached hydrogens (tertiary/aromatic N) is 1. The lowest BCUT2D eigenvalue weighted by molar-refractivity contribution is 0.580. The Kier molecular flexibility index (Phi) is 4.61. The van der Waals surface area contributed by atoms with Crippen molar-refractivity contribution in [2.75, 3.05) is 0 Å². The van der Waals surface area contributed by atoms with Crippen LogP contribution in [0, 0.1) is 19.7 Å². The second-order valence-corrected chi connectivity index (χ2v) is 6.84. The van der Waals surface area contributed by atoms with Crippen LogP contribution >= 0.6 is 11.6 Å². The van der Waals surface area contributed by atoms with Gasteiger partial charge in [-0.25, -0.2) is 22.5 Å². The molecule has 2 aromatic rings. The van der Waals surface area contributed by atoms with E-state index in [9.17, 15) is 12.8 Å². The van der Waals surface area contributed by atoms with Crippen LogP contribution < -0.4 is 4.72 Å². The molecule has 112 valence electrons. The van der Waals surface area contributed by atoms with Crippen molar-refractivity contribution < 1.29 is 12.8 Å². The van der Waals surface area contributed by atoms with Crippen molar-refractivity contribution in [2.24, 2.45) is 0 Å².